The fraction of sp³-hybridized carbons (Fsp3) is 0.481. The molecule has 0 unspecified atom stereocenters. The number of benzene rings is 2. The Morgan fingerprint density at radius 1 is 1.25 bits per heavy atom. The van der Waals surface area contributed by atoms with Gasteiger partial charge in [-0.3, -0.25) is 9.69 Å². The molecule has 1 fully saturated rings. The molecule has 2 N–H and O–H groups in total. The molecule has 7 nitrogen and oxygen atoms in total. The van der Waals surface area contributed by atoms with Gasteiger partial charge in [-0.1, -0.05) is 30.7 Å². The van der Waals surface area contributed by atoms with Crippen molar-refractivity contribution in [3.63, 3.8) is 0 Å². The van der Waals surface area contributed by atoms with Crippen molar-refractivity contribution in [2.45, 2.75) is 56.9 Å². The SMILES string of the molecule is CC[C@@](O)(c1cc(F)c2c(c1)C(=O)N(C(C)(C)C(=O)O)[C@@]2(OC)c1ccc(Cl)cc1)C1CCOCC1. The van der Waals surface area contributed by atoms with Crippen molar-refractivity contribution in [1.29, 1.82) is 0 Å². The average molecular weight is 520 g/mol. The predicted octanol–water partition coefficient (Wildman–Crippen LogP) is 4.67. The maximum atomic E-state index is 16.2. The molecule has 0 spiro atoms. The fourth-order valence-corrected chi connectivity index (χ4v) is 5.78. The van der Waals surface area contributed by atoms with Crippen molar-refractivity contribution in [2.24, 2.45) is 5.92 Å². The van der Waals surface area contributed by atoms with E-state index in [4.69, 9.17) is 21.1 Å². The van der Waals surface area contributed by atoms with Gasteiger partial charge in [0.1, 0.15) is 11.4 Å². The van der Waals surface area contributed by atoms with E-state index in [1.54, 1.807) is 24.3 Å². The van der Waals surface area contributed by atoms with Gasteiger partial charge in [-0.15, -0.1) is 0 Å². The second-order valence-corrected chi connectivity index (χ2v) is 10.3. The van der Waals surface area contributed by atoms with Crippen molar-refractivity contribution in [2.75, 3.05) is 20.3 Å². The summed E-state index contributed by atoms with van der Waals surface area (Å²) in [6.45, 7) is 5.53. The first kappa shape index (κ1) is 26.5. The third-order valence-corrected chi connectivity index (χ3v) is 7.98. The molecule has 9 heteroatoms. The zero-order valence-electron chi connectivity index (χ0n) is 20.8. The van der Waals surface area contributed by atoms with E-state index in [-0.39, 0.29) is 22.6 Å². The third-order valence-electron chi connectivity index (χ3n) is 7.73. The first-order valence-corrected chi connectivity index (χ1v) is 12.4. The van der Waals surface area contributed by atoms with Crippen LogP contribution in [0.1, 0.15) is 67.1 Å². The molecule has 2 aromatic rings. The van der Waals surface area contributed by atoms with Crippen LogP contribution in [0.4, 0.5) is 4.39 Å². The molecule has 0 aliphatic carbocycles. The summed E-state index contributed by atoms with van der Waals surface area (Å²) in [6.07, 6.45) is 1.50. The molecular formula is C27H31ClFNO6. The van der Waals surface area contributed by atoms with Crippen LogP contribution in [0.15, 0.2) is 36.4 Å². The molecule has 2 atom stereocenters. The fourth-order valence-electron chi connectivity index (χ4n) is 5.65. The van der Waals surface area contributed by atoms with Crippen LogP contribution < -0.4 is 0 Å². The standard InChI is InChI=1S/C27H31ClFNO6/c1-5-26(34,16-10-12-36-13-11-16)18-14-20-22(21(29)15-18)27(35-4,17-6-8-19(28)9-7-17)30(23(20)31)25(2,3)24(32)33/h6-9,14-16,34H,5,10-13H2,1-4H3,(H,32,33)/t26-,27+/m0/s1. The van der Waals surface area contributed by atoms with Gasteiger partial charge in [0.15, 0.2) is 0 Å². The number of carboxylic acid groups (broad SMARTS) is 1. The van der Waals surface area contributed by atoms with E-state index >= 15 is 4.39 Å². The molecular weight excluding hydrogens is 489 g/mol. The van der Waals surface area contributed by atoms with E-state index < -0.39 is 34.6 Å². The Morgan fingerprint density at radius 2 is 1.86 bits per heavy atom. The van der Waals surface area contributed by atoms with Gasteiger partial charge in [-0.25, -0.2) is 9.18 Å². The highest BCUT2D eigenvalue weighted by atomic mass is 35.5. The van der Waals surface area contributed by atoms with Crippen molar-refractivity contribution >= 4 is 23.5 Å². The second kappa shape index (κ2) is 9.41. The van der Waals surface area contributed by atoms with E-state index in [1.807, 2.05) is 6.92 Å². The van der Waals surface area contributed by atoms with Gasteiger partial charge >= 0.3 is 5.97 Å². The van der Waals surface area contributed by atoms with Crippen LogP contribution in [-0.4, -0.2) is 52.9 Å². The number of carbonyl (C=O) groups excluding carboxylic acids is 1. The van der Waals surface area contributed by atoms with Gasteiger partial charge in [0.25, 0.3) is 5.91 Å². The Balaban J connectivity index is 2.00. The Hall–Kier alpha value is -2.52. The van der Waals surface area contributed by atoms with Crippen LogP contribution in [0.3, 0.4) is 0 Å². The summed E-state index contributed by atoms with van der Waals surface area (Å²) < 4.78 is 27.5. The zero-order valence-corrected chi connectivity index (χ0v) is 21.6. The normalized spacial score (nSPS) is 22.4. The number of carboxylic acids is 1. The van der Waals surface area contributed by atoms with Gasteiger partial charge in [0.05, 0.1) is 16.7 Å². The Bertz CT molecular complexity index is 1180. The number of aliphatic carboxylic acids is 1. The lowest BCUT2D eigenvalue weighted by molar-refractivity contribution is -0.165. The summed E-state index contributed by atoms with van der Waals surface area (Å²) in [7, 11) is 1.31. The monoisotopic (exact) mass is 519 g/mol. The molecule has 2 heterocycles. The number of hydrogen-bond acceptors (Lipinski definition) is 5. The first-order chi connectivity index (χ1) is 16.9. The zero-order chi connectivity index (χ0) is 26.5. The Kier molecular flexibility index (Phi) is 6.94. The minimum absolute atomic E-state index is 0.0462. The lowest BCUT2D eigenvalue weighted by Gasteiger charge is -2.45. The van der Waals surface area contributed by atoms with E-state index in [2.05, 4.69) is 0 Å². The number of amides is 1. The topological polar surface area (TPSA) is 96.3 Å². The molecule has 2 aliphatic heterocycles. The van der Waals surface area contributed by atoms with Crippen molar-refractivity contribution in [3.8, 4) is 0 Å². The molecule has 1 saturated heterocycles. The van der Waals surface area contributed by atoms with E-state index in [0.29, 0.717) is 43.1 Å². The molecule has 2 aliphatic rings. The van der Waals surface area contributed by atoms with E-state index in [9.17, 15) is 19.8 Å². The molecule has 0 aromatic heterocycles. The molecule has 36 heavy (non-hydrogen) atoms. The number of aliphatic hydroxyl groups is 1. The number of ether oxygens (including phenoxy) is 2. The highest BCUT2D eigenvalue weighted by molar-refractivity contribution is 6.30. The highest BCUT2D eigenvalue weighted by Crippen LogP contribution is 2.51. The maximum Gasteiger partial charge on any atom is 0.329 e. The number of carbonyl (C=O) groups is 2. The summed E-state index contributed by atoms with van der Waals surface area (Å²) in [5.74, 6) is -2.94. The van der Waals surface area contributed by atoms with Gasteiger partial charge in [0.2, 0.25) is 5.72 Å². The maximum absolute atomic E-state index is 16.2. The number of rotatable bonds is 7. The molecule has 4 rings (SSSR count). The number of fused-ring (bicyclic) bond motifs is 1. The molecule has 1 amide bonds. The molecule has 0 radical (unpaired) electrons. The summed E-state index contributed by atoms with van der Waals surface area (Å²) in [5, 5.41) is 22.2. The van der Waals surface area contributed by atoms with Crippen LogP contribution in [0, 0.1) is 11.7 Å². The minimum Gasteiger partial charge on any atom is -0.480 e. The van der Waals surface area contributed by atoms with Crippen LogP contribution in [0.5, 0.6) is 0 Å². The highest BCUT2D eigenvalue weighted by Gasteiger charge is 2.60. The number of nitrogens with zero attached hydrogens (tertiary/aromatic N) is 1. The smallest absolute Gasteiger partial charge is 0.329 e. The summed E-state index contributed by atoms with van der Waals surface area (Å²) in [6, 6.07) is 9.03. The van der Waals surface area contributed by atoms with Gasteiger partial charge < -0.3 is 19.7 Å². The average Bonchev–Trinajstić information content (AvgIpc) is 3.14. The van der Waals surface area contributed by atoms with Crippen LogP contribution in [0.25, 0.3) is 0 Å². The van der Waals surface area contributed by atoms with Crippen molar-refractivity contribution in [3.05, 3.63) is 69.5 Å². The van der Waals surface area contributed by atoms with Gasteiger partial charge in [-0.2, -0.15) is 0 Å². The lowest BCUT2D eigenvalue weighted by Crippen LogP contribution is -2.60. The molecule has 2 aromatic carbocycles. The van der Waals surface area contributed by atoms with E-state index in [1.165, 1.54) is 33.1 Å². The number of halogens is 2. The minimum atomic E-state index is -1.87. The van der Waals surface area contributed by atoms with E-state index in [0.717, 1.165) is 4.90 Å². The largest absolute Gasteiger partial charge is 0.480 e. The second-order valence-electron chi connectivity index (χ2n) is 9.90. The molecule has 194 valence electrons. The summed E-state index contributed by atoms with van der Waals surface area (Å²) in [5.41, 5.74) is -4.55. The number of hydrogen-bond donors (Lipinski definition) is 2. The lowest BCUT2D eigenvalue weighted by atomic mass is 9.74. The van der Waals surface area contributed by atoms with Crippen LogP contribution >= 0.6 is 11.6 Å². The van der Waals surface area contributed by atoms with Crippen molar-refractivity contribution < 1.29 is 33.7 Å². The van der Waals surface area contributed by atoms with Crippen LogP contribution in [0.2, 0.25) is 5.02 Å². The van der Waals surface area contributed by atoms with Gasteiger partial charge in [0, 0.05) is 30.9 Å². The quantitative estimate of drug-likeness (QED) is 0.552. The van der Waals surface area contributed by atoms with Crippen LogP contribution in [-0.2, 0) is 25.6 Å². The third kappa shape index (κ3) is 3.82. The Labute approximate surface area is 214 Å². The predicted molar refractivity (Wildman–Crippen MR) is 131 cm³/mol. The van der Waals surface area contributed by atoms with Crippen molar-refractivity contribution in [1.82, 2.24) is 4.90 Å². The summed E-state index contributed by atoms with van der Waals surface area (Å²) in [4.78, 5) is 27.3. The molecule has 0 bridgehead atoms. The Morgan fingerprint density at radius 3 is 2.39 bits per heavy atom. The first-order valence-electron chi connectivity index (χ1n) is 12.0. The molecule has 0 saturated carbocycles. The number of methoxy groups -OCH3 is 1. The van der Waals surface area contributed by atoms with Gasteiger partial charge in [-0.05, 0) is 68.9 Å². The summed E-state index contributed by atoms with van der Waals surface area (Å²) >= 11 is 6.08.